The van der Waals surface area contributed by atoms with Gasteiger partial charge >= 0.3 is 5.69 Å². The second kappa shape index (κ2) is 6.97. The van der Waals surface area contributed by atoms with Gasteiger partial charge in [0.2, 0.25) is 0 Å². The van der Waals surface area contributed by atoms with Gasteiger partial charge in [-0.15, -0.1) is 0 Å². The lowest BCUT2D eigenvalue weighted by Gasteiger charge is -2.33. The minimum atomic E-state index is -0.296. The fraction of sp³-hybridized carbons (Fsp3) is 0.588. The van der Waals surface area contributed by atoms with E-state index < -0.39 is 0 Å². The van der Waals surface area contributed by atoms with Crippen LogP contribution in [0.15, 0.2) is 21.7 Å². The third-order valence-electron chi connectivity index (χ3n) is 4.71. The normalized spacial score (nSPS) is 18.6. The van der Waals surface area contributed by atoms with Gasteiger partial charge in [-0.3, -0.25) is 23.5 Å². The van der Waals surface area contributed by atoms with Crippen LogP contribution in [0, 0.1) is 13.8 Å². The summed E-state index contributed by atoms with van der Waals surface area (Å²) >= 11 is 0. The number of morpholine rings is 1. The van der Waals surface area contributed by atoms with Crippen molar-refractivity contribution in [3.63, 3.8) is 0 Å². The van der Waals surface area contributed by atoms with Crippen LogP contribution in [0.5, 0.6) is 0 Å². The van der Waals surface area contributed by atoms with E-state index in [9.17, 15) is 9.59 Å². The molecule has 0 amide bonds. The summed E-state index contributed by atoms with van der Waals surface area (Å²) in [4.78, 5) is 26.2. The first-order valence-corrected chi connectivity index (χ1v) is 8.46. The maximum atomic E-state index is 12.1. The van der Waals surface area contributed by atoms with Gasteiger partial charge in [0.1, 0.15) is 0 Å². The largest absolute Gasteiger partial charge is 0.374 e. The Bertz CT molecular complexity index is 879. The van der Waals surface area contributed by atoms with Gasteiger partial charge in [-0.25, -0.2) is 4.79 Å². The number of aryl methyl sites for hydroxylation is 2. The molecular formula is C17H25N5O3. The zero-order valence-corrected chi connectivity index (χ0v) is 15.2. The fourth-order valence-electron chi connectivity index (χ4n) is 3.25. The van der Waals surface area contributed by atoms with Crippen LogP contribution in [0.1, 0.15) is 17.1 Å². The van der Waals surface area contributed by atoms with Crippen molar-refractivity contribution in [2.24, 2.45) is 14.1 Å². The van der Waals surface area contributed by atoms with Crippen LogP contribution in [0.3, 0.4) is 0 Å². The van der Waals surface area contributed by atoms with E-state index in [1.807, 2.05) is 18.5 Å². The summed E-state index contributed by atoms with van der Waals surface area (Å²) in [6.45, 7) is 7.41. The number of aromatic nitrogens is 4. The highest BCUT2D eigenvalue weighted by Crippen LogP contribution is 2.12. The number of hydrogen-bond donors (Lipinski definition) is 0. The lowest BCUT2D eigenvalue weighted by atomic mass is 10.2. The van der Waals surface area contributed by atoms with Crippen molar-refractivity contribution < 1.29 is 4.74 Å². The Morgan fingerprint density at radius 3 is 2.64 bits per heavy atom. The zero-order chi connectivity index (χ0) is 18.1. The van der Waals surface area contributed by atoms with E-state index in [-0.39, 0.29) is 17.4 Å². The molecule has 8 heteroatoms. The molecule has 1 unspecified atom stereocenters. The van der Waals surface area contributed by atoms with Crippen molar-refractivity contribution in [1.29, 1.82) is 0 Å². The minimum Gasteiger partial charge on any atom is -0.374 e. The zero-order valence-electron chi connectivity index (χ0n) is 15.2. The smallest absolute Gasteiger partial charge is 0.330 e. The molecule has 25 heavy (non-hydrogen) atoms. The number of ether oxygens (including phenoxy) is 1. The quantitative estimate of drug-likeness (QED) is 0.766. The molecule has 1 aliphatic heterocycles. The highest BCUT2D eigenvalue weighted by Gasteiger charge is 2.22. The summed E-state index contributed by atoms with van der Waals surface area (Å²) in [5.74, 6) is 0. The maximum Gasteiger partial charge on any atom is 0.330 e. The monoisotopic (exact) mass is 347 g/mol. The second-order valence-corrected chi connectivity index (χ2v) is 6.71. The molecule has 0 bridgehead atoms. The van der Waals surface area contributed by atoms with Crippen LogP contribution in [0.4, 0.5) is 0 Å². The maximum absolute atomic E-state index is 12.1. The van der Waals surface area contributed by atoms with Gasteiger partial charge in [-0.2, -0.15) is 5.10 Å². The first kappa shape index (κ1) is 17.6. The molecule has 0 saturated carbocycles. The van der Waals surface area contributed by atoms with E-state index in [0.29, 0.717) is 19.7 Å². The van der Waals surface area contributed by atoms with Gasteiger partial charge in [-0.1, -0.05) is 0 Å². The molecule has 1 fully saturated rings. The number of hydrogen-bond acceptors (Lipinski definition) is 5. The number of nitrogens with zero attached hydrogens (tertiary/aromatic N) is 5. The molecule has 8 nitrogen and oxygen atoms in total. The average molecular weight is 347 g/mol. The number of rotatable bonds is 4. The van der Waals surface area contributed by atoms with Crippen molar-refractivity contribution in [2.45, 2.75) is 33.0 Å². The van der Waals surface area contributed by atoms with Crippen molar-refractivity contribution in [3.05, 3.63) is 50.1 Å². The lowest BCUT2D eigenvalue weighted by molar-refractivity contribution is -0.0411. The van der Waals surface area contributed by atoms with Crippen molar-refractivity contribution in [2.75, 3.05) is 19.7 Å². The van der Waals surface area contributed by atoms with E-state index in [1.165, 1.54) is 17.7 Å². The molecule has 0 aliphatic carbocycles. The van der Waals surface area contributed by atoms with Crippen LogP contribution in [0.2, 0.25) is 0 Å². The molecule has 2 aromatic rings. The predicted molar refractivity (Wildman–Crippen MR) is 93.6 cm³/mol. The second-order valence-electron chi connectivity index (χ2n) is 6.71. The van der Waals surface area contributed by atoms with Crippen LogP contribution in [0.25, 0.3) is 0 Å². The Kier molecular flexibility index (Phi) is 4.91. The molecule has 3 rings (SSSR count). The Balaban J connectivity index is 1.71. The molecule has 1 atom stereocenters. The first-order chi connectivity index (χ1) is 11.8. The Labute approximate surface area is 146 Å². The molecule has 136 valence electrons. The van der Waals surface area contributed by atoms with Crippen molar-refractivity contribution in [3.8, 4) is 0 Å². The molecule has 0 aromatic carbocycles. The van der Waals surface area contributed by atoms with Crippen LogP contribution in [-0.2, 0) is 31.9 Å². The van der Waals surface area contributed by atoms with E-state index in [0.717, 1.165) is 34.7 Å². The van der Waals surface area contributed by atoms with Gasteiger partial charge in [0.25, 0.3) is 5.56 Å². The first-order valence-electron chi connectivity index (χ1n) is 8.46. The van der Waals surface area contributed by atoms with E-state index in [4.69, 9.17) is 4.74 Å². The summed E-state index contributed by atoms with van der Waals surface area (Å²) in [5, 5.41) is 4.49. The molecule has 1 aliphatic rings. The van der Waals surface area contributed by atoms with Crippen LogP contribution in [-0.4, -0.2) is 49.6 Å². The molecule has 0 radical (unpaired) electrons. The highest BCUT2D eigenvalue weighted by atomic mass is 16.5. The van der Waals surface area contributed by atoms with Gasteiger partial charge in [0.15, 0.2) is 0 Å². The van der Waals surface area contributed by atoms with Crippen molar-refractivity contribution >= 4 is 0 Å². The minimum absolute atomic E-state index is 0.0373. The molecule has 2 aromatic heterocycles. The van der Waals surface area contributed by atoms with Crippen LogP contribution >= 0.6 is 0 Å². The molecule has 0 N–H and O–H groups in total. The van der Waals surface area contributed by atoms with E-state index in [1.54, 1.807) is 7.05 Å². The lowest BCUT2D eigenvalue weighted by Crippen LogP contribution is -2.45. The Morgan fingerprint density at radius 1 is 1.20 bits per heavy atom. The predicted octanol–water partition coefficient (Wildman–Crippen LogP) is -0.202. The van der Waals surface area contributed by atoms with Gasteiger partial charge in [0.05, 0.1) is 24.9 Å². The fourth-order valence-corrected chi connectivity index (χ4v) is 3.25. The molecule has 3 heterocycles. The van der Waals surface area contributed by atoms with Gasteiger partial charge < -0.3 is 4.74 Å². The summed E-state index contributed by atoms with van der Waals surface area (Å²) in [7, 11) is 3.19. The molecule has 1 saturated heterocycles. The average Bonchev–Trinajstić information content (AvgIpc) is 2.88. The summed E-state index contributed by atoms with van der Waals surface area (Å²) < 4.78 is 10.5. The topological polar surface area (TPSA) is 74.3 Å². The standard InChI is InChI=1S/C17H25N5O3/c1-12-7-13(2)22(18-12)11-15-10-21(5-6-25-15)9-14-8-16(23)20(4)17(24)19(14)3/h7-8,15H,5-6,9-11H2,1-4H3. The van der Waals surface area contributed by atoms with Crippen molar-refractivity contribution in [1.82, 2.24) is 23.8 Å². The molecule has 0 spiro atoms. The SMILES string of the molecule is Cc1cc(C)n(CC2CN(Cc3cc(=O)n(C)c(=O)n3C)CCO2)n1. The Morgan fingerprint density at radius 2 is 1.96 bits per heavy atom. The van der Waals surface area contributed by atoms with Crippen LogP contribution < -0.4 is 11.2 Å². The third kappa shape index (κ3) is 3.74. The Hall–Kier alpha value is -2.19. The summed E-state index contributed by atoms with van der Waals surface area (Å²) in [6.07, 6.45) is 0.0373. The summed E-state index contributed by atoms with van der Waals surface area (Å²) in [6, 6.07) is 3.59. The third-order valence-corrected chi connectivity index (χ3v) is 4.71. The summed E-state index contributed by atoms with van der Waals surface area (Å²) in [5.41, 5.74) is 2.27. The highest BCUT2D eigenvalue weighted by molar-refractivity contribution is 5.07. The molecular weight excluding hydrogens is 322 g/mol. The van der Waals surface area contributed by atoms with Gasteiger partial charge in [0, 0.05) is 51.2 Å². The van der Waals surface area contributed by atoms with E-state index in [2.05, 4.69) is 16.1 Å². The van der Waals surface area contributed by atoms with Gasteiger partial charge in [-0.05, 0) is 19.9 Å². The van der Waals surface area contributed by atoms with E-state index >= 15 is 0 Å².